The Bertz CT molecular complexity index is 787. The van der Waals surface area contributed by atoms with Crippen LogP contribution in [0.5, 0.6) is 0 Å². The molecule has 0 unspecified atom stereocenters. The lowest BCUT2D eigenvalue weighted by molar-refractivity contribution is -0.137. The van der Waals surface area contributed by atoms with Gasteiger partial charge in [0.2, 0.25) is 10.0 Å². The fourth-order valence-corrected chi connectivity index (χ4v) is 4.74. The predicted molar refractivity (Wildman–Crippen MR) is 99.2 cm³/mol. The Labute approximate surface area is 159 Å². The van der Waals surface area contributed by atoms with E-state index in [1.807, 2.05) is 13.8 Å². The number of rotatable bonds is 8. The summed E-state index contributed by atoms with van der Waals surface area (Å²) in [5.41, 5.74) is 0.798. The number of hydrogen-bond donors (Lipinski definition) is 1. The van der Waals surface area contributed by atoms with E-state index in [1.54, 1.807) is 12.1 Å². The molecule has 0 saturated carbocycles. The maximum absolute atomic E-state index is 13.1. The summed E-state index contributed by atoms with van der Waals surface area (Å²) < 4.78 is 32.7. The quantitative estimate of drug-likeness (QED) is 0.706. The van der Waals surface area contributed by atoms with Crippen molar-refractivity contribution in [2.24, 2.45) is 0 Å². The van der Waals surface area contributed by atoms with Crippen LogP contribution >= 0.6 is 0 Å². The molecule has 1 fully saturated rings. The van der Waals surface area contributed by atoms with Gasteiger partial charge < -0.3 is 14.7 Å². The Morgan fingerprint density at radius 2 is 1.89 bits per heavy atom. The van der Waals surface area contributed by atoms with Gasteiger partial charge in [-0.25, -0.2) is 8.42 Å². The molecule has 0 spiro atoms. The predicted octanol–water partition coefficient (Wildman–Crippen LogP) is 1.21. The van der Waals surface area contributed by atoms with Gasteiger partial charge in [0.05, 0.1) is 18.1 Å². The third kappa shape index (κ3) is 5.06. The first-order valence-corrected chi connectivity index (χ1v) is 10.5. The van der Waals surface area contributed by atoms with Gasteiger partial charge in [0, 0.05) is 25.2 Å². The number of carbonyl (C=O) groups is 2. The molecule has 0 aliphatic carbocycles. The minimum absolute atomic E-state index is 0.101. The third-order valence-electron chi connectivity index (χ3n) is 4.39. The number of ether oxygens (including phenoxy) is 1. The number of carbonyl (C=O) groups excluding carboxylic acids is 1. The second kappa shape index (κ2) is 9.29. The highest BCUT2D eigenvalue weighted by molar-refractivity contribution is 7.89. The summed E-state index contributed by atoms with van der Waals surface area (Å²) in [7, 11) is -3.76. The van der Waals surface area contributed by atoms with Gasteiger partial charge >= 0.3 is 5.97 Å². The second-order valence-corrected chi connectivity index (χ2v) is 8.22. The maximum Gasteiger partial charge on any atom is 0.323 e. The smallest absolute Gasteiger partial charge is 0.323 e. The molecule has 1 saturated heterocycles. The van der Waals surface area contributed by atoms with Gasteiger partial charge in [-0.3, -0.25) is 9.59 Å². The van der Waals surface area contributed by atoms with Gasteiger partial charge in [-0.1, -0.05) is 19.9 Å². The van der Waals surface area contributed by atoms with Gasteiger partial charge in [0.1, 0.15) is 6.54 Å². The van der Waals surface area contributed by atoms with Crippen LogP contribution in [-0.4, -0.2) is 74.0 Å². The summed E-state index contributed by atoms with van der Waals surface area (Å²) in [5.74, 6) is -1.59. The zero-order chi connectivity index (χ0) is 20.0. The first-order chi connectivity index (χ1) is 12.8. The van der Waals surface area contributed by atoms with E-state index in [-0.39, 0.29) is 30.1 Å². The normalized spacial score (nSPS) is 15.5. The molecule has 1 N–H and O–H groups in total. The Kier molecular flexibility index (Phi) is 7.34. The second-order valence-electron chi connectivity index (χ2n) is 6.31. The molecule has 2 rings (SSSR count). The van der Waals surface area contributed by atoms with E-state index in [4.69, 9.17) is 9.84 Å². The lowest BCUT2D eigenvalue weighted by Gasteiger charge is -2.27. The molecule has 1 aliphatic rings. The van der Waals surface area contributed by atoms with E-state index < -0.39 is 28.4 Å². The number of nitrogens with zero attached hydrogens (tertiary/aromatic N) is 2. The number of benzene rings is 1. The van der Waals surface area contributed by atoms with Gasteiger partial charge in [0.25, 0.3) is 5.91 Å². The van der Waals surface area contributed by atoms with Crippen molar-refractivity contribution in [2.75, 3.05) is 39.4 Å². The Hall–Kier alpha value is -1.97. The van der Waals surface area contributed by atoms with Gasteiger partial charge in [-0.15, -0.1) is 0 Å². The molecule has 1 heterocycles. The average molecular weight is 398 g/mol. The van der Waals surface area contributed by atoms with Crippen molar-refractivity contribution in [3.8, 4) is 0 Å². The number of carboxylic acid groups (broad SMARTS) is 1. The van der Waals surface area contributed by atoms with Crippen LogP contribution in [-0.2, 0) is 26.0 Å². The van der Waals surface area contributed by atoms with E-state index in [9.17, 15) is 18.0 Å². The molecule has 0 radical (unpaired) electrons. The summed E-state index contributed by atoms with van der Waals surface area (Å²) in [6.45, 7) is 4.76. The zero-order valence-electron chi connectivity index (χ0n) is 15.7. The largest absolute Gasteiger partial charge is 0.480 e. The first-order valence-electron chi connectivity index (χ1n) is 9.03. The number of morpholine rings is 1. The molecule has 1 aromatic rings. The molecule has 9 heteroatoms. The number of sulfonamides is 1. The molecule has 0 bridgehead atoms. The van der Waals surface area contributed by atoms with E-state index in [0.29, 0.717) is 31.6 Å². The molecule has 0 atom stereocenters. The fraction of sp³-hybridized carbons (Fsp3) is 0.556. The summed E-state index contributed by atoms with van der Waals surface area (Å²) in [6.07, 6.45) is 1.10. The van der Waals surface area contributed by atoms with Crippen molar-refractivity contribution in [3.05, 3.63) is 29.3 Å². The van der Waals surface area contributed by atoms with Gasteiger partial charge in [-0.2, -0.15) is 4.31 Å². The Balaban J connectivity index is 2.41. The van der Waals surface area contributed by atoms with E-state index in [1.165, 1.54) is 15.3 Å². The Morgan fingerprint density at radius 3 is 2.44 bits per heavy atom. The molecule has 1 amide bonds. The highest BCUT2D eigenvalue weighted by Gasteiger charge is 2.29. The van der Waals surface area contributed by atoms with Crippen LogP contribution in [0.15, 0.2) is 23.1 Å². The Morgan fingerprint density at radius 1 is 1.22 bits per heavy atom. The molecular formula is C18H26N2O6S. The summed E-state index contributed by atoms with van der Waals surface area (Å²) >= 11 is 0. The molecule has 8 nitrogen and oxygen atoms in total. The van der Waals surface area contributed by atoms with Gasteiger partial charge in [-0.05, 0) is 30.5 Å². The van der Waals surface area contributed by atoms with Gasteiger partial charge in [0.15, 0.2) is 0 Å². The fourth-order valence-electron chi connectivity index (χ4n) is 3.01. The van der Waals surface area contributed by atoms with Crippen molar-refractivity contribution in [3.63, 3.8) is 0 Å². The number of amides is 1. The van der Waals surface area contributed by atoms with Crippen molar-refractivity contribution >= 4 is 21.9 Å². The van der Waals surface area contributed by atoms with Crippen LogP contribution in [0.2, 0.25) is 0 Å². The van der Waals surface area contributed by atoms with Crippen LogP contribution < -0.4 is 0 Å². The maximum atomic E-state index is 13.1. The minimum atomic E-state index is -3.76. The number of hydrogen-bond acceptors (Lipinski definition) is 5. The van der Waals surface area contributed by atoms with Crippen LogP contribution in [0.4, 0.5) is 0 Å². The van der Waals surface area contributed by atoms with Crippen LogP contribution in [0, 0.1) is 0 Å². The highest BCUT2D eigenvalue weighted by atomic mass is 32.2. The molecular weight excluding hydrogens is 372 g/mol. The van der Waals surface area contributed by atoms with Crippen LogP contribution in [0.25, 0.3) is 0 Å². The van der Waals surface area contributed by atoms with E-state index in [0.717, 1.165) is 0 Å². The third-order valence-corrected chi connectivity index (χ3v) is 6.37. The van der Waals surface area contributed by atoms with Crippen molar-refractivity contribution in [2.45, 2.75) is 31.6 Å². The summed E-state index contributed by atoms with van der Waals surface area (Å²) in [6, 6.07) is 4.56. The van der Waals surface area contributed by atoms with Crippen molar-refractivity contribution in [1.29, 1.82) is 0 Å². The summed E-state index contributed by atoms with van der Waals surface area (Å²) in [4.78, 5) is 25.1. The molecule has 27 heavy (non-hydrogen) atoms. The molecule has 1 aliphatic heterocycles. The lowest BCUT2D eigenvalue weighted by Crippen LogP contribution is -2.41. The highest BCUT2D eigenvalue weighted by Crippen LogP contribution is 2.24. The number of aliphatic carboxylic acids is 1. The first kappa shape index (κ1) is 21.3. The van der Waals surface area contributed by atoms with Crippen LogP contribution in [0.1, 0.15) is 36.2 Å². The monoisotopic (exact) mass is 398 g/mol. The molecule has 0 aromatic heterocycles. The minimum Gasteiger partial charge on any atom is -0.480 e. The van der Waals surface area contributed by atoms with E-state index in [2.05, 4.69) is 0 Å². The van der Waals surface area contributed by atoms with E-state index >= 15 is 0 Å². The SMILES string of the molecule is CCCN(CC(=O)O)C(=O)c1ccc(CC)c(S(=O)(=O)N2CCOCC2)c1. The van der Waals surface area contributed by atoms with Crippen molar-refractivity contribution in [1.82, 2.24) is 9.21 Å². The summed E-state index contributed by atoms with van der Waals surface area (Å²) in [5, 5.41) is 9.03. The standard InChI is InChI=1S/C18H26N2O6S/c1-3-7-19(13-17(21)22)18(23)15-6-5-14(4-2)16(12-15)27(24,25)20-8-10-26-11-9-20/h5-6,12H,3-4,7-11,13H2,1-2H3,(H,21,22). The number of aryl methyl sites for hydroxylation is 1. The molecule has 1 aromatic carbocycles. The lowest BCUT2D eigenvalue weighted by atomic mass is 10.1. The average Bonchev–Trinajstić information content (AvgIpc) is 2.67. The molecule has 150 valence electrons. The topological polar surface area (TPSA) is 104 Å². The van der Waals surface area contributed by atoms with Crippen molar-refractivity contribution < 1.29 is 27.9 Å². The number of carboxylic acids is 1. The zero-order valence-corrected chi connectivity index (χ0v) is 16.5. The van der Waals surface area contributed by atoms with Crippen LogP contribution in [0.3, 0.4) is 0 Å².